The second kappa shape index (κ2) is 5.71. The van der Waals surface area contributed by atoms with E-state index in [-0.39, 0.29) is 28.7 Å². The quantitative estimate of drug-likeness (QED) is 0.907. The summed E-state index contributed by atoms with van der Waals surface area (Å²) in [7, 11) is 0. The Hall–Kier alpha value is -2.07. The number of nitrogens with one attached hydrogen (secondary N) is 1. The van der Waals surface area contributed by atoms with E-state index >= 15 is 0 Å². The van der Waals surface area contributed by atoms with E-state index in [1.165, 1.54) is 30.3 Å². The van der Waals surface area contributed by atoms with Gasteiger partial charge in [-0.2, -0.15) is 0 Å². The van der Waals surface area contributed by atoms with E-state index in [4.69, 9.17) is 11.6 Å². The maximum Gasteiger partial charge on any atom is 0.253 e. The molecule has 98 valence electrons. The summed E-state index contributed by atoms with van der Waals surface area (Å²) in [6.07, 6.45) is 0. The number of hydrogen-bond acceptors (Lipinski definition) is 2. The van der Waals surface area contributed by atoms with Crippen molar-refractivity contribution in [3.05, 3.63) is 64.4 Å². The van der Waals surface area contributed by atoms with Crippen LogP contribution in [0.2, 0.25) is 5.02 Å². The van der Waals surface area contributed by atoms with Gasteiger partial charge in [-0.3, -0.25) is 4.79 Å². The predicted molar refractivity (Wildman–Crippen MR) is 70.7 cm³/mol. The fourth-order valence-electron chi connectivity index (χ4n) is 1.57. The van der Waals surface area contributed by atoms with Crippen molar-refractivity contribution in [1.29, 1.82) is 0 Å². The molecule has 0 unspecified atom stereocenters. The van der Waals surface area contributed by atoms with Gasteiger partial charge in [0.05, 0.1) is 10.6 Å². The number of hydrogen-bond donors (Lipinski definition) is 2. The molecule has 0 spiro atoms. The minimum absolute atomic E-state index is 0.0312. The highest BCUT2D eigenvalue weighted by Crippen LogP contribution is 2.21. The average molecular weight is 280 g/mol. The molecule has 0 aliphatic rings. The Morgan fingerprint density at radius 3 is 2.58 bits per heavy atom. The normalized spacial score (nSPS) is 10.2. The lowest BCUT2D eigenvalue weighted by Crippen LogP contribution is -2.23. The number of benzene rings is 2. The number of phenols is 1. The Bertz CT molecular complexity index is 599. The Balaban J connectivity index is 2.05. The molecular weight excluding hydrogens is 269 g/mol. The molecule has 0 aliphatic carbocycles. The van der Waals surface area contributed by atoms with Gasteiger partial charge in [0.15, 0.2) is 0 Å². The molecule has 2 aromatic carbocycles. The van der Waals surface area contributed by atoms with Crippen molar-refractivity contribution in [1.82, 2.24) is 5.32 Å². The lowest BCUT2D eigenvalue weighted by atomic mass is 10.2. The fraction of sp³-hybridized carbons (Fsp3) is 0.0714. The van der Waals surface area contributed by atoms with E-state index in [0.717, 1.165) is 5.56 Å². The summed E-state index contributed by atoms with van der Waals surface area (Å²) in [6.45, 7) is 0.255. The second-order valence-electron chi connectivity index (χ2n) is 3.97. The largest absolute Gasteiger partial charge is 0.508 e. The first-order valence-electron chi connectivity index (χ1n) is 5.57. The molecule has 3 nitrogen and oxygen atoms in total. The summed E-state index contributed by atoms with van der Waals surface area (Å²) in [6, 6.07) is 9.95. The van der Waals surface area contributed by atoms with Crippen LogP contribution in [0.15, 0.2) is 42.5 Å². The second-order valence-corrected chi connectivity index (χ2v) is 4.38. The van der Waals surface area contributed by atoms with Crippen LogP contribution in [-0.4, -0.2) is 11.0 Å². The van der Waals surface area contributed by atoms with Gasteiger partial charge in [0.1, 0.15) is 11.6 Å². The third kappa shape index (κ3) is 3.45. The fourth-order valence-corrected chi connectivity index (χ4v) is 1.77. The molecule has 0 saturated heterocycles. The molecule has 0 heterocycles. The smallest absolute Gasteiger partial charge is 0.253 e. The maximum absolute atomic E-state index is 12.7. The molecule has 2 N–H and O–H groups in total. The molecule has 0 radical (unpaired) electrons. The van der Waals surface area contributed by atoms with E-state index in [1.807, 2.05) is 0 Å². The van der Waals surface area contributed by atoms with Crippen molar-refractivity contribution in [2.24, 2.45) is 0 Å². The maximum atomic E-state index is 12.7. The molecule has 0 saturated carbocycles. The van der Waals surface area contributed by atoms with Gasteiger partial charge in [-0.1, -0.05) is 23.7 Å². The summed E-state index contributed by atoms with van der Waals surface area (Å²) in [5.41, 5.74) is 0.967. The predicted octanol–water partition coefficient (Wildman–Crippen LogP) is 3.11. The molecule has 2 aromatic rings. The van der Waals surface area contributed by atoms with E-state index in [2.05, 4.69) is 5.32 Å². The van der Waals surface area contributed by atoms with Crippen LogP contribution in [0.5, 0.6) is 5.75 Å². The Morgan fingerprint density at radius 1 is 1.21 bits per heavy atom. The number of aromatic hydroxyl groups is 1. The zero-order valence-corrected chi connectivity index (χ0v) is 10.6. The zero-order chi connectivity index (χ0) is 13.8. The highest BCUT2D eigenvalue weighted by Gasteiger charge is 2.10. The highest BCUT2D eigenvalue weighted by molar-refractivity contribution is 6.33. The first-order valence-corrected chi connectivity index (χ1v) is 5.95. The van der Waals surface area contributed by atoms with Crippen molar-refractivity contribution < 1.29 is 14.3 Å². The number of phenolic OH excluding ortho intramolecular Hbond substituents is 1. The minimum atomic E-state index is -0.398. The highest BCUT2D eigenvalue weighted by atomic mass is 35.5. The molecule has 0 bridgehead atoms. The van der Waals surface area contributed by atoms with Crippen molar-refractivity contribution >= 4 is 17.5 Å². The van der Waals surface area contributed by atoms with E-state index in [0.29, 0.717) is 0 Å². The van der Waals surface area contributed by atoms with Crippen molar-refractivity contribution in [2.45, 2.75) is 6.54 Å². The number of halogens is 2. The first kappa shape index (κ1) is 13.4. The van der Waals surface area contributed by atoms with Crippen molar-refractivity contribution in [3.8, 4) is 5.75 Å². The Kier molecular flexibility index (Phi) is 4.02. The van der Waals surface area contributed by atoms with Gasteiger partial charge >= 0.3 is 0 Å². The van der Waals surface area contributed by atoms with E-state index < -0.39 is 5.91 Å². The van der Waals surface area contributed by atoms with Gasteiger partial charge in [0.2, 0.25) is 0 Å². The Morgan fingerprint density at radius 2 is 1.89 bits per heavy atom. The summed E-state index contributed by atoms with van der Waals surface area (Å²) < 4.78 is 12.7. The first-order chi connectivity index (χ1) is 9.06. The average Bonchev–Trinajstić information content (AvgIpc) is 2.40. The van der Waals surface area contributed by atoms with Crippen LogP contribution in [0.3, 0.4) is 0 Å². The van der Waals surface area contributed by atoms with Gasteiger partial charge in [-0.05, 0) is 35.9 Å². The van der Waals surface area contributed by atoms with Crippen LogP contribution in [0, 0.1) is 5.82 Å². The van der Waals surface area contributed by atoms with Crippen LogP contribution in [0.1, 0.15) is 15.9 Å². The lowest BCUT2D eigenvalue weighted by molar-refractivity contribution is 0.0950. The molecule has 0 fully saturated rings. The van der Waals surface area contributed by atoms with Crippen LogP contribution in [0.25, 0.3) is 0 Å². The summed E-state index contributed by atoms with van der Waals surface area (Å²) in [5.74, 6) is -0.757. The van der Waals surface area contributed by atoms with E-state index in [9.17, 15) is 14.3 Å². The molecule has 5 heteroatoms. The number of rotatable bonds is 3. The minimum Gasteiger partial charge on any atom is -0.508 e. The van der Waals surface area contributed by atoms with Crippen LogP contribution in [-0.2, 0) is 6.54 Å². The monoisotopic (exact) mass is 279 g/mol. The third-order valence-corrected chi connectivity index (χ3v) is 2.89. The third-order valence-electron chi connectivity index (χ3n) is 2.56. The Labute approximate surface area is 114 Å². The molecule has 0 atom stereocenters. The number of amides is 1. The van der Waals surface area contributed by atoms with E-state index in [1.54, 1.807) is 12.1 Å². The zero-order valence-electron chi connectivity index (χ0n) is 9.86. The van der Waals surface area contributed by atoms with Gasteiger partial charge in [0, 0.05) is 6.54 Å². The molecule has 1 amide bonds. The van der Waals surface area contributed by atoms with Gasteiger partial charge in [0.25, 0.3) is 5.91 Å². The molecule has 2 rings (SSSR count). The van der Waals surface area contributed by atoms with Crippen LogP contribution < -0.4 is 5.32 Å². The molecular formula is C14H11ClFNO2. The number of carbonyl (C=O) groups excluding carboxylic acids is 1. The molecule has 19 heavy (non-hydrogen) atoms. The summed E-state index contributed by atoms with van der Waals surface area (Å²) >= 11 is 5.87. The van der Waals surface area contributed by atoms with Crippen LogP contribution in [0.4, 0.5) is 4.39 Å². The standard InChI is InChI=1S/C14H11ClFNO2/c15-13-6-5-11(18)7-12(13)14(19)17-8-9-1-3-10(16)4-2-9/h1-7,18H,8H2,(H,17,19). The molecule has 0 aromatic heterocycles. The van der Waals surface area contributed by atoms with Gasteiger partial charge < -0.3 is 10.4 Å². The van der Waals surface area contributed by atoms with Crippen LogP contribution >= 0.6 is 11.6 Å². The van der Waals surface area contributed by atoms with Gasteiger partial charge in [-0.25, -0.2) is 4.39 Å². The number of carbonyl (C=O) groups is 1. The topological polar surface area (TPSA) is 49.3 Å². The lowest BCUT2D eigenvalue weighted by Gasteiger charge is -2.07. The van der Waals surface area contributed by atoms with Crippen molar-refractivity contribution in [3.63, 3.8) is 0 Å². The van der Waals surface area contributed by atoms with Gasteiger partial charge in [-0.15, -0.1) is 0 Å². The summed E-state index contributed by atoms with van der Waals surface area (Å²) in [4.78, 5) is 11.9. The molecule has 0 aliphatic heterocycles. The summed E-state index contributed by atoms with van der Waals surface area (Å²) in [5, 5.41) is 12.2. The van der Waals surface area contributed by atoms with Crippen molar-refractivity contribution in [2.75, 3.05) is 0 Å². The SMILES string of the molecule is O=C(NCc1ccc(F)cc1)c1cc(O)ccc1Cl.